The summed E-state index contributed by atoms with van der Waals surface area (Å²) in [6.07, 6.45) is 1.70. The molecule has 1 aliphatic rings. The van der Waals surface area contributed by atoms with E-state index in [1.807, 2.05) is 25.1 Å². The second-order valence-corrected chi connectivity index (χ2v) is 3.50. The van der Waals surface area contributed by atoms with Crippen LogP contribution in [-0.4, -0.2) is 23.5 Å². The lowest BCUT2D eigenvalue weighted by Gasteiger charge is -2.28. The van der Waals surface area contributed by atoms with Gasteiger partial charge in [-0.05, 0) is 19.1 Å². The highest BCUT2D eigenvalue weighted by molar-refractivity contribution is 5.83. The average molecular weight is 191 g/mol. The van der Waals surface area contributed by atoms with Gasteiger partial charge in [0.2, 0.25) is 5.91 Å². The van der Waals surface area contributed by atoms with E-state index in [-0.39, 0.29) is 11.9 Å². The van der Waals surface area contributed by atoms with E-state index in [1.54, 1.807) is 6.20 Å². The molecule has 2 rings (SSSR count). The van der Waals surface area contributed by atoms with Gasteiger partial charge in [0.15, 0.2) is 0 Å². The number of rotatable bonds is 1. The molecule has 0 aliphatic carbocycles. The monoisotopic (exact) mass is 191 g/mol. The van der Waals surface area contributed by atoms with Crippen LogP contribution in [0, 0.1) is 0 Å². The maximum absolute atomic E-state index is 11.5. The predicted octanol–water partition coefficient (Wildman–Crippen LogP) is 0.231. The summed E-state index contributed by atoms with van der Waals surface area (Å²) in [4.78, 5) is 15.7. The minimum atomic E-state index is -0.306. The third kappa shape index (κ3) is 1.75. The van der Waals surface area contributed by atoms with Crippen molar-refractivity contribution < 1.29 is 4.79 Å². The van der Waals surface area contributed by atoms with Crippen LogP contribution in [0.15, 0.2) is 24.4 Å². The number of piperazine rings is 1. The predicted molar refractivity (Wildman–Crippen MR) is 52.6 cm³/mol. The molecule has 0 bridgehead atoms. The highest BCUT2D eigenvalue weighted by Gasteiger charge is 2.27. The molecule has 1 amide bonds. The molecule has 4 nitrogen and oxygen atoms in total. The SMILES string of the molecule is CC1CNC(=O)C(c2ccccn2)N1. The summed E-state index contributed by atoms with van der Waals surface area (Å²) in [6.45, 7) is 2.72. The van der Waals surface area contributed by atoms with Gasteiger partial charge in [-0.25, -0.2) is 0 Å². The molecule has 1 aromatic rings. The Bertz CT molecular complexity index is 325. The van der Waals surface area contributed by atoms with Crippen LogP contribution >= 0.6 is 0 Å². The van der Waals surface area contributed by atoms with E-state index in [1.165, 1.54) is 0 Å². The van der Waals surface area contributed by atoms with Gasteiger partial charge >= 0.3 is 0 Å². The quantitative estimate of drug-likeness (QED) is 0.668. The van der Waals surface area contributed by atoms with Gasteiger partial charge in [0.1, 0.15) is 6.04 Å². The molecule has 0 radical (unpaired) electrons. The van der Waals surface area contributed by atoms with E-state index in [0.717, 1.165) is 5.69 Å². The van der Waals surface area contributed by atoms with Crippen LogP contribution in [0.2, 0.25) is 0 Å². The van der Waals surface area contributed by atoms with Gasteiger partial charge in [0.25, 0.3) is 0 Å². The van der Waals surface area contributed by atoms with Crippen LogP contribution in [0.25, 0.3) is 0 Å². The van der Waals surface area contributed by atoms with Gasteiger partial charge in [-0.3, -0.25) is 15.1 Å². The summed E-state index contributed by atoms with van der Waals surface area (Å²) in [5.74, 6) is 0.00167. The molecule has 0 aromatic carbocycles. The number of nitrogens with zero attached hydrogens (tertiary/aromatic N) is 1. The maximum Gasteiger partial charge on any atom is 0.243 e. The first kappa shape index (κ1) is 9.15. The molecular weight excluding hydrogens is 178 g/mol. The van der Waals surface area contributed by atoms with Gasteiger partial charge in [0.05, 0.1) is 5.69 Å². The summed E-state index contributed by atoms with van der Waals surface area (Å²) in [5.41, 5.74) is 0.775. The van der Waals surface area contributed by atoms with E-state index in [9.17, 15) is 4.79 Å². The standard InChI is InChI=1S/C10H13N3O/c1-7-6-12-10(14)9(13-7)8-4-2-3-5-11-8/h2-5,7,9,13H,6H2,1H3,(H,12,14). The Kier molecular flexibility index (Phi) is 2.45. The van der Waals surface area contributed by atoms with Crippen molar-refractivity contribution in [3.05, 3.63) is 30.1 Å². The van der Waals surface area contributed by atoms with Crippen LogP contribution in [0.1, 0.15) is 18.7 Å². The second kappa shape index (κ2) is 3.75. The van der Waals surface area contributed by atoms with E-state index in [4.69, 9.17) is 0 Å². The molecule has 1 fully saturated rings. The third-order valence-corrected chi connectivity index (χ3v) is 2.28. The summed E-state index contributed by atoms with van der Waals surface area (Å²) >= 11 is 0. The number of carbonyl (C=O) groups excluding carboxylic acids is 1. The van der Waals surface area contributed by atoms with Crippen molar-refractivity contribution >= 4 is 5.91 Å². The molecule has 2 heterocycles. The minimum absolute atomic E-state index is 0.00167. The summed E-state index contributed by atoms with van der Waals surface area (Å²) < 4.78 is 0. The number of pyridine rings is 1. The number of nitrogens with one attached hydrogen (secondary N) is 2. The Morgan fingerprint density at radius 2 is 2.36 bits per heavy atom. The molecule has 14 heavy (non-hydrogen) atoms. The Hall–Kier alpha value is -1.42. The molecule has 1 saturated heterocycles. The van der Waals surface area contributed by atoms with Crippen molar-refractivity contribution in [1.82, 2.24) is 15.6 Å². The molecule has 0 saturated carbocycles. The van der Waals surface area contributed by atoms with Gasteiger partial charge in [-0.2, -0.15) is 0 Å². The van der Waals surface area contributed by atoms with Gasteiger partial charge in [-0.1, -0.05) is 6.07 Å². The molecule has 2 unspecified atom stereocenters. The fraction of sp³-hybridized carbons (Fsp3) is 0.400. The maximum atomic E-state index is 11.5. The molecule has 1 aromatic heterocycles. The van der Waals surface area contributed by atoms with Crippen molar-refractivity contribution in [3.63, 3.8) is 0 Å². The molecule has 2 N–H and O–H groups in total. The van der Waals surface area contributed by atoms with E-state index in [2.05, 4.69) is 15.6 Å². The Morgan fingerprint density at radius 1 is 1.50 bits per heavy atom. The van der Waals surface area contributed by atoms with Gasteiger partial charge < -0.3 is 5.32 Å². The van der Waals surface area contributed by atoms with Crippen molar-refractivity contribution in [2.45, 2.75) is 19.0 Å². The fourth-order valence-electron chi connectivity index (χ4n) is 1.54. The van der Waals surface area contributed by atoms with E-state index in [0.29, 0.717) is 12.6 Å². The summed E-state index contributed by atoms with van der Waals surface area (Å²) in [7, 11) is 0. The molecule has 2 atom stereocenters. The van der Waals surface area contributed by atoms with Gasteiger partial charge in [0, 0.05) is 18.8 Å². The lowest BCUT2D eigenvalue weighted by molar-refractivity contribution is -0.125. The zero-order valence-corrected chi connectivity index (χ0v) is 8.03. The van der Waals surface area contributed by atoms with Gasteiger partial charge in [-0.15, -0.1) is 0 Å². The number of carbonyl (C=O) groups is 1. The molecule has 74 valence electrons. The number of hydrogen-bond acceptors (Lipinski definition) is 3. The van der Waals surface area contributed by atoms with E-state index < -0.39 is 0 Å². The Labute approximate surface area is 82.7 Å². The minimum Gasteiger partial charge on any atom is -0.353 e. The molecule has 1 aliphatic heterocycles. The first-order chi connectivity index (χ1) is 6.77. The Balaban J connectivity index is 2.20. The van der Waals surface area contributed by atoms with Crippen molar-refractivity contribution in [1.29, 1.82) is 0 Å². The highest BCUT2D eigenvalue weighted by Crippen LogP contribution is 2.13. The van der Waals surface area contributed by atoms with Crippen LogP contribution in [0.5, 0.6) is 0 Å². The van der Waals surface area contributed by atoms with Crippen molar-refractivity contribution in [3.8, 4) is 0 Å². The first-order valence-corrected chi connectivity index (χ1v) is 4.72. The smallest absolute Gasteiger partial charge is 0.243 e. The Morgan fingerprint density at radius 3 is 3.07 bits per heavy atom. The third-order valence-electron chi connectivity index (χ3n) is 2.28. The summed E-state index contributed by atoms with van der Waals surface area (Å²) in [6, 6.07) is 5.57. The number of amides is 1. The topological polar surface area (TPSA) is 54.0 Å². The van der Waals surface area contributed by atoms with E-state index >= 15 is 0 Å². The lowest BCUT2D eigenvalue weighted by atomic mass is 10.1. The van der Waals surface area contributed by atoms with Crippen LogP contribution in [0.3, 0.4) is 0 Å². The molecular formula is C10H13N3O. The van der Waals surface area contributed by atoms with Crippen LogP contribution in [0.4, 0.5) is 0 Å². The molecule has 0 spiro atoms. The van der Waals surface area contributed by atoms with Crippen molar-refractivity contribution in [2.24, 2.45) is 0 Å². The first-order valence-electron chi connectivity index (χ1n) is 4.72. The number of aromatic nitrogens is 1. The zero-order chi connectivity index (χ0) is 9.97. The lowest BCUT2D eigenvalue weighted by Crippen LogP contribution is -2.52. The van der Waals surface area contributed by atoms with Crippen molar-refractivity contribution in [2.75, 3.05) is 6.54 Å². The van der Waals surface area contributed by atoms with Crippen LogP contribution < -0.4 is 10.6 Å². The van der Waals surface area contributed by atoms with Crippen LogP contribution in [-0.2, 0) is 4.79 Å². The second-order valence-electron chi connectivity index (χ2n) is 3.50. The average Bonchev–Trinajstić information content (AvgIpc) is 2.23. The normalized spacial score (nSPS) is 27.1. The zero-order valence-electron chi connectivity index (χ0n) is 8.03. The number of hydrogen-bond donors (Lipinski definition) is 2. The molecule has 4 heteroatoms. The highest BCUT2D eigenvalue weighted by atomic mass is 16.2. The fourth-order valence-corrected chi connectivity index (χ4v) is 1.54. The summed E-state index contributed by atoms with van der Waals surface area (Å²) in [5, 5.41) is 6.05. The largest absolute Gasteiger partial charge is 0.353 e.